The van der Waals surface area contributed by atoms with E-state index in [0.717, 1.165) is 12.5 Å². The Morgan fingerprint density at radius 3 is 1.87 bits per heavy atom. The molecule has 0 aliphatic rings. The lowest BCUT2D eigenvalue weighted by Gasteiger charge is -2.29. The summed E-state index contributed by atoms with van der Waals surface area (Å²) in [5, 5.41) is 3.61. The highest BCUT2D eigenvalue weighted by molar-refractivity contribution is 4.73. The van der Waals surface area contributed by atoms with Crippen LogP contribution in [0.5, 0.6) is 0 Å². The summed E-state index contributed by atoms with van der Waals surface area (Å²) in [6.45, 7) is 11.4. The zero-order valence-corrected chi connectivity index (χ0v) is 11.5. The SMILES string of the molecule is CCC(CC)CNCC(C(C)C)N(C)C. The molecule has 0 saturated carbocycles. The second-order valence-corrected chi connectivity index (χ2v) is 5.12. The van der Waals surface area contributed by atoms with Crippen LogP contribution in [0.1, 0.15) is 40.5 Å². The normalized spacial score (nSPS) is 14.2. The maximum atomic E-state index is 3.61. The zero-order valence-electron chi connectivity index (χ0n) is 11.5. The molecule has 0 saturated heterocycles. The Bertz CT molecular complexity index is 131. The number of rotatable bonds is 8. The van der Waals surface area contributed by atoms with Crippen molar-refractivity contribution in [2.75, 3.05) is 27.2 Å². The fourth-order valence-corrected chi connectivity index (χ4v) is 2.03. The highest BCUT2D eigenvalue weighted by atomic mass is 15.1. The van der Waals surface area contributed by atoms with Gasteiger partial charge in [0.1, 0.15) is 0 Å². The second kappa shape index (κ2) is 8.12. The minimum Gasteiger partial charge on any atom is -0.315 e. The van der Waals surface area contributed by atoms with E-state index in [4.69, 9.17) is 0 Å². The topological polar surface area (TPSA) is 15.3 Å². The molecule has 15 heavy (non-hydrogen) atoms. The van der Waals surface area contributed by atoms with Gasteiger partial charge in [-0.25, -0.2) is 0 Å². The van der Waals surface area contributed by atoms with Crippen molar-refractivity contribution in [1.82, 2.24) is 10.2 Å². The second-order valence-electron chi connectivity index (χ2n) is 5.12. The van der Waals surface area contributed by atoms with E-state index in [1.54, 1.807) is 0 Å². The summed E-state index contributed by atoms with van der Waals surface area (Å²) in [6.07, 6.45) is 2.58. The van der Waals surface area contributed by atoms with Gasteiger partial charge in [0.25, 0.3) is 0 Å². The van der Waals surface area contributed by atoms with Crippen molar-refractivity contribution in [3.8, 4) is 0 Å². The Kier molecular flexibility index (Phi) is 8.07. The molecular weight excluding hydrogens is 184 g/mol. The molecule has 0 amide bonds. The minimum atomic E-state index is 0.652. The van der Waals surface area contributed by atoms with Gasteiger partial charge in [-0.1, -0.05) is 40.5 Å². The van der Waals surface area contributed by atoms with Crippen LogP contribution >= 0.6 is 0 Å². The van der Waals surface area contributed by atoms with Gasteiger partial charge in [-0.15, -0.1) is 0 Å². The fraction of sp³-hybridized carbons (Fsp3) is 1.00. The first kappa shape index (κ1) is 14.9. The predicted octanol–water partition coefficient (Wildman–Crippen LogP) is 2.60. The van der Waals surface area contributed by atoms with Crippen LogP contribution in [0.3, 0.4) is 0 Å². The van der Waals surface area contributed by atoms with Crippen LogP contribution in [-0.4, -0.2) is 38.1 Å². The van der Waals surface area contributed by atoms with E-state index in [-0.39, 0.29) is 0 Å². The summed E-state index contributed by atoms with van der Waals surface area (Å²) in [5.74, 6) is 1.56. The van der Waals surface area contributed by atoms with Gasteiger partial charge in [-0.3, -0.25) is 0 Å². The summed E-state index contributed by atoms with van der Waals surface area (Å²) in [5.41, 5.74) is 0. The summed E-state index contributed by atoms with van der Waals surface area (Å²) in [7, 11) is 4.34. The monoisotopic (exact) mass is 214 g/mol. The van der Waals surface area contributed by atoms with Crippen molar-refractivity contribution >= 4 is 0 Å². The number of likely N-dealkylation sites (N-methyl/N-ethyl adjacent to an activating group) is 1. The molecule has 1 atom stereocenters. The van der Waals surface area contributed by atoms with Crippen molar-refractivity contribution in [2.45, 2.75) is 46.6 Å². The summed E-state index contributed by atoms with van der Waals surface area (Å²) in [6, 6.07) is 0.652. The number of nitrogens with one attached hydrogen (secondary N) is 1. The molecule has 0 bridgehead atoms. The summed E-state index contributed by atoms with van der Waals surface area (Å²) in [4.78, 5) is 2.32. The molecule has 2 nitrogen and oxygen atoms in total. The Balaban J connectivity index is 3.80. The average molecular weight is 214 g/mol. The molecule has 0 aliphatic carbocycles. The van der Waals surface area contributed by atoms with Crippen LogP contribution in [0.2, 0.25) is 0 Å². The number of nitrogens with zero attached hydrogens (tertiary/aromatic N) is 1. The van der Waals surface area contributed by atoms with Gasteiger partial charge in [-0.2, -0.15) is 0 Å². The molecular formula is C13H30N2. The van der Waals surface area contributed by atoms with Crippen LogP contribution in [0.4, 0.5) is 0 Å². The summed E-state index contributed by atoms with van der Waals surface area (Å²) >= 11 is 0. The summed E-state index contributed by atoms with van der Waals surface area (Å²) < 4.78 is 0. The molecule has 92 valence electrons. The molecule has 0 aliphatic heterocycles. The minimum absolute atomic E-state index is 0.652. The quantitative estimate of drug-likeness (QED) is 0.668. The number of hydrogen-bond acceptors (Lipinski definition) is 2. The molecule has 0 aromatic heterocycles. The van der Waals surface area contributed by atoms with Crippen LogP contribution in [0, 0.1) is 11.8 Å². The van der Waals surface area contributed by atoms with Gasteiger partial charge in [0, 0.05) is 12.6 Å². The smallest absolute Gasteiger partial charge is 0.0237 e. The lowest BCUT2D eigenvalue weighted by molar-refractivity contribution is 0.221. The molecule has 0 aromatic carbocycles. The lowest BCUT2D eigenvalue weighted by Crippen LogP contribution is -2.42. The highest BCUT2D eigenvalue weighted by Gasteiger charge is 2.15. The Labute approximate surface area is 96.4 Å². The molecule has 2 heteroatoms. The van der Waals surface area contributed by atoms with Crippen molar-refractivity contribution in [3.05, 3.63) is 0 Å². The van der Waals surface area contributed by atoms with E-state index >= 15 is 0 Å². The van der Waals surface area contributed by atoms with Crippen molar-refractivity contribution < 1.29 is 0 Å². The van der Waals surface area contributed by atoms with Gasteiger partial charge < -0.3 is 10.2 Å². The van der Waals surface area contributed by atoms with Crippen molar-refractivity contribution in [2.24, 2.45) is 11.8 Å². The van der Waals surface area contributed by atoms with Gasteiger partial charge in [-0.05, 0) is 32.5 Å². The largest absolute Gasteiger partial charge is 0.315 e. The van der Waals surface area contributed by atoms with Crippen molar-refractivity contribution in [3.63, 3.8) is 0 Å². The van der Waals surface area contributed by atoms with E-state index in [1.165, 1.54) is 19.4 Å². The molecule has 1 unspecified atom stereocenters. The highest BCUT2D eigenvalue weighted by Crippen LogP contribution is 2.08. The van der Waals surface area contributed by atoms with E-state index in [1.807, 2.05) is 0 Å². The molecule has 0 fully saturated rings. The fourth-order valence-electron chi connectivity index (χ4n) is 2.03. The molecule has 0 aromatic rings. The first-order valence-electron chi connectivity index (χ1n) is 6.39. The Morgan fingerprint density at radius 2 is 1.53 bits per heavy atom. The van der Waals surface area contributed by atoms with Gasteiger partial charge >= 0.3 is 0 Å². The van der Waals surface area contributed by atoms with Gasteiger partial charge in [0.2, 0.25) is 0 Å². The number of hydrogen-bond donors (Lipinski definition) is 1. The van der Waals surface area contributed by atoms with E-state index in [0.29, 0.717) is 12.0 Å². The third kappa shape index (κ3) is 6.16. The molecule has 1 N–H and O–H groups in total. The average Bonchev–Trinajstić information content (AvgIpc) is 2.17. The Hall–Kier alpha value is -0.0800. The first-order chi connectivity index (χ1) is 7.02. The van der Waals surface area contributed by atoms with Crippen LogP contribution in [-0.2, 0) is 0 Å². The third-order valence-corrected chi connectivity index (χ3v) is 3.37. The standard InChI is InChI=1S/C13H30N2/c1-7-12(8-2)9-14-10-13(11(3)4)15(5)6/h11-14H,7-10H2,1-6H3. The third-order valence-electron chi connectivity index (χ3n) is 3.37. The van der Waals surface area contributed by atoms with Crippen molar-refractivity contribution in [1.29, 1.82) is 0 Å². The maximum absolute atomic E-state index is 3.61. The lowest BCUT2D eigenvalue weighted by atomic mass is 10.0. The predicted molar refractivity (Wildman–Crippen MR) is 69.3 cm³/mol. The first-order valence-corrected chi connectivity index (χ1v) is 6.39. The maximum Gasteiger partial charge on any atom is 0.0237 e. The molecule has 0 heterocycles. The zero-order chi connectivity index (χ0) is 11.8. The van der Waals surface area contributed by atoms with Crippen LogP contribution in [0.25, 0.3) is 0 Å². The van der Waals surface area contributed by atoms with E-state index in [9.17, 15) is 0 Å². The van der Waals surface area contributed by atoms with E-state index < -0.39 is 0 Å². The van der Waals surface area contributed by atoms with Gasteiger partial charge in [0.15, 0.2) is 0 Å². The van der Waals surface area contributed by atoms with E-state index in [2.05, 4.69) is 52.0 Å². The molecule has 0 rings (SSSR count). The Morgan fingerprint density at radius 1 is 1.00 bits per heavy atom. The van der Waals surface area contributed by atoms with Crippen LogP contribution < -0.4 is 5.32 Å². The molecule has 0 spiro atoms. The molecule has 0 radical (unpaired) electrons. The van der Waals surface area contributed by atoms with Gasteiger partial charge in [0.05, 0.1) is 0 Å². The van der Waals surface area contributed by atoms with Crippen LogP contribution in [0.15, 0.2) is 0 Å².